The standard InChI is InChI=1S/C8H6N2O.C2H6/c11-8-5-9-6-3-1-2-4-7(6)10-8;1-2/h1-5H,(H,10,11);1-2H3. The molecule has 0 radical (unpaired) electrons. The number of benzene rings is 1. The molecule has 0 saturated carbocycles. The normalized spacial score (nSPS) is 9.08. The van der Waals surface area contributed by atoms with Crippen LogP contribution in [0.2, 0.25) is 0 Å². The topological polar surface area (TPSA) is 45.8 Å². The molecule has 0 atom stereocenters. The second kappa shape index (κ2) is 4.40. The van der Waals surface area contributed by atoms with E-state index in [0.29, 0.717) is 0 Å². The van der Waals surface area contributed by atoms with E-state index in [4.69, 9.17) is 0 Å². The number of hydrogen-bond donors (Lipinski definition) is 1. The maximum absolute atomic E-state index is 10.8. The molecule has 0 aliphatic rings. The quantitative estimate of drug-likeness (QED) is 0.666. The summed E-state index contributed by atoms with van der Waals surface area (Å²) in [5, 5.41) is 0. The van der Waals surface area contributed by atoms with E-state index >= 15 is 0 Å². The van der Waals surface area contributed by atoms with Crippen molar-refractivity contribution in [3.8, 4) is 0 Å². The minimum absolute atomic E-state index is 0.163. The van der Waals surface area contributed by atoms with Crippen LogP contribution in [0.15, 0.2) is 35.3 Å². The van der Waals surface area contributed by atoms with Crippen molar-refractivity contribution in [1.29, 1.82) is 0 Å². The Morgan fingerprint density at radius 1 is 1.23 bits per heavy atom. The van der Waals surface area contributed by atoms with Gasteiger partial charge in [-0.3, -0.25) is 4.79 Å². The van der Waals surface area contributed by atoms with Crippen LogP contribution in [0.25, 0.3) is 11.0 Å². The molecule has 1 N–H and O–H groups in total. The van der Waals surface area contributed by atoms with Gasteiger partial charge >= 0.3 is 0 Å². The summed E-state index contributed by atoms with van der Waals surface area (Å²) >= 11 is 0. The maximum Gasteiger partial charge on any atom is 0.266 e. The van der Waals surface area contributed by atoms with Gasteiger partial charge in [0.05, 0.1) is 17.2 Å². The summed E-state index contributed by atoms with van der Waals surface area (Å²) in [6.45, 7) is 4.00. The van der Waals surface area contributed by atoms with E-state index in [-0.39, 0.29) is 5.56 Å². The fourth-order valence-electron chi connectivity index (χ4n) is 0.985. The average Bonchev–Trinajstić information content (AvgIpc) is 2.21. The highest BCUT2D eigenvalue weighted by Crippen LogP contribution is 2.02. The Kier molecular flexibility index (Phi) is 3.20. The summed E-state index contributed by atoms with van der Waals surface area (Å²) in [7, 11) is 0. The van der Waals surface area contributed by atoms with Gasteiger partial charge in [0.2, 0.25) is 0 Å². The van der Waals surface area contributed by atoms with Gasteiger partial charge in [-0.25, -0.2) is 4.98 Å². The lowest BCUT2D eigenvalue weighted by Crippen LogP contribution is -2.04. The first-order chi connectivity index (χ1) is 6.36. The molecule has 3 heteroatoms. The van der Waals surface area contributed by atoms with Gasteiger partial charge in [-0.2, -0.15) is 0 Å². The number of aromatic nitrogens is 2. The summed E-state index contributed by atoms with van der Waals surface area (Å²) in [5.74, 6) is 0. The third-order valence-electron chi connectivity index (χ3n) is 1.48. The smallest absolute Gasteiger partial charge is 0.266 e. The third kappa shape index (κ3) is 2.15. The molecule has 0 saturated heterocycles. The summed E-state index contributed by atoms with van der Waals surface area (Å²) < 4.78 is 0. The molecule has 2 aromatic rings. The molecule has 3 nitrogen and oxygen atoms in total. The number of nitrogens with one attached hydrogen (secondary N) is 1. The molecule has 13 heavy (non-hydrogen) atoms. The van der Waals surface area contributed by atoms with Gasteiger partial charge in [0.25, 0.3) is 5.56 Å². The van der Waals surface area contributed by atoms with Crippen LogP contribution in [0, 0.1) is 0 Å². The van der Waals surface area contributed by atoms with E-state index in [2.05, 4.69) is 9.97 Å². The highest BCUT2D eigenvalue weighted by atomic mass is 16.1. The number of H-pyrrole nitrogens is 1. The van der Waals surface area contributed by atoms with Crippen molar-refractivity contribution >= 4 is 11.0 Å². The van der Waals surface area contributed by atoms with Crippen molar-refractivity contribution in [2.75, 3.05) is 0 Å². The molecule has 0 aliphatic carbocycles. The minimum atomic E-state index is -0.163. The van der Waals surface area contributed by atoms with Crippen molar-refractivity contribution in [1.82, 2.24) is 9.97 Å². The summed E-state index contributed by atoms with van der Waals surface area (Å²) in [5.41, 5.74) is 1.43. The Morgan fingerprint density at radius 2 is 1.92 bits per heavy atom. The number of aromatic amines is 1. The van der Waals surface area contributed by atoms with Crippen LogP contribution in [-0.2, 0) is 0 Å². The van der Waals surface area contributed by atoms with Crippen molar-refractivity contribution in [3.63, 3.8) is 0 Å². The minimum Gasteiger partial charge on any atom is -0.319 e. The van der Waals surface area contributed by atoms with Gasteiger partial charge in [-0.05, 0) is 12.1 Å². The molecular weight excluding hydrogens is 164 g/mol. The van der Waals surface area contributed by atoms with E-state index in [1.165, 1.54) is 6.20 Å². The Bertz CT molecular complexity index is 434. The van der Waals surface area contributed by atoms with Crippen LogP contribution in [0.1, 0.15) is 13.8 Å². The van der Waals surface area contributed by atoms with E-state index < -0.39 is 0 Å². The lowest BCUT2D eigenvalue weighted by Gasteiger charge is -1.92. The molecule has 0 unspecified atom stereocenters. The van der Waals surface area contributed by atoms with Crippen LogP contribution in [0.4, 0.5) is 0 Å². The van der Waals surface area contributed by atoms with Crippen molar-refractivity contribution in [3.05, 3.63) is 40.8 Å². The molecule has 0 fully saturated rings. The largest absolute Gasteiger partial charge is 0.319 e. The van der Waals surface area contributed by atoms with Gasteiger partial charge in [-0.15, -0.1) is 0 Å². The number of hydrogen-bond acceptors (Lipinski definition) is 2. The van der Waals surface area contributed by atoms with Crippen LogP contribution in [0.3, 0.4) is 0 Å². The third-order valence-corrected chi connectivity index (χ3v) is 1.48. The van der Waals surface area contributed by atoms with Crippen LogP contribution >= 0.6 is 0 Å². The summed E-state index contributed by atoms with van der Waals surface area (Å²) in [6.07, 6.45) is 1.28. The molecule has 0 aliphatic heterocycles. The maximum atomic E-state index is 10.8. The number of para-hydroxylation sites is 2. The van der Waals surface area contributed by atoms with E-state index in [0.717, 1.165) is 11.0 Å². The van der Waals surface area contributed by atoms with E-state index in [9.17, 15) is 4.79 Å². The molecular formula is C10H12N2O. The second-order valence-electron chi connectivity index (χ2n) is 2.26. The average molecular weight is 176 g/mol. The molecule has 68 valence electrons. The zero-order valence-corrected chi connectivity index (χ0v) is 7.74. The van der Waals surface area contributed by atoms with Crippen molar-refractivity contribution in [2.45, 2.75) is 13.8 Å². The second-order valence-corrected chi connectivity index (χ2v) is 2.26. The number of nitrogens with zero attached hydrogens (tertiary/aromatic N) is 1. The fraction of sp³-hybridized carbons (Fsp3) is 0.200. The zero-order valence-electron chi connectivity index (χ0n) is 7.74. The fourth-order valence-corrected chi connectivity index (χ4v) is 0.985. The lowest BCUT2D eigenvalue weighted by atomic mass is 10.3. The molecule has 1 heterocycles. The van der Waals surface area contributed by atoms with Crippen LogP contribution in [0.5, 0.6) is 0 Å². The van der Waals surface area contributed by atoms with E-state index in [1.54, 1.807) is 0 Å². The van der Waals surface area contributed by atoms with Crippen molar-refractivity contribution < 1.29 is 0 Å². The Morgan fingerprint density at radius 3 is 2.69 bits per heavy atom. The van der Waals surface area contributed by atoms with Crippen molar-refractivity contribution in [2.24, 2.45) is 0 Å². The molecule has 1 aromatic carbocycles. The predicted molar refractivity (Wildman–Crippen MR) is 53.7 cm³/mol. The summed E-state index contributed by atoms with van der Waals surface area (Å²) in [4.78, 5) is 17.4. The first-order valence-corrected chi connectivity index (χ1v) is 4.30. The van der Waals surface area contributed by atoms with Crippen LogP contribution in [-0.4, -0.2) is 9.97 Å². The molecule has 0 bridgehead atoms. The lowest BCUT2D eigenvalue weighted by molar-refractivity contribution is 1.22. The summed E-state index contributed by atoms with van der Waals surface area (Å²) in [6, 6.07) is 7.42. The predicted octanol–water partition coefficient (Wildman–Crippen LogP) is 1.95. The SMILES string of the molecule is CC.O=c1cnc2ccccc2[nH]1. The Balaban J connectivity index is 0.000000396. The Labute approximate surface area is 76.4 Å². The molecule has 0 amide bonds. The van der Waals surface area contributed by atoms with Gasteiger partial charge < -0.3 is 4.98 Å². The monoisotopic (exact) mass is 176 g/mol. The first-order valence-electron chi connectivity index (χ1n) is 4.30. The highest BCUT2D eigenvalue weighted by Gasteiger charge is 1.90. The number of fused-ring (bicyclic) bond motifs is 1. The molecule has 2 rings (SSSR count). The van der Waals surface area contributed by atoms with E-state index in [1.807, 2.05) is 38.1 Å². The van der Waals surface area contributed by atoms with Gasteiger partial charge in [0.1, 0.15) is 0 Å². The van der Waals surface area contributed by atoms with Gasteiger partial charge in [0.15, 0.2) is 0 Å². The van der Waals surface area contributed by atoms with Gasteiger partial charge in [0, 0.05) is 0 Å². The van der Waals surface area contributed by atoms with Gasteiger partial charge in [-0.1, -0.05) is 26.0 Å². The highest BCUT2D eigenvalue weighted by molar-refractivity contribution is 5.72. The zero-order chi connectivity index (χ0) is 9.68. The number of rotatable bonds is 0. The Hall–Kier alpha value is -1.64. The first kappa shape index (κ1) is 9.45. The molecule has 0 spiro atoms. The van der Waals surface area contributed by atoms with Crippen LogP contribution < -0.4 is 5.56 Å². The molecule has 1 aromatic heterocycles.